The minimum atomic E-state index is -0.564. The fraction of sp³-hybridized carbons (Fsp3) is 0.133. The Morgan fingerprint density at radius 3 is 2.65 bits per heavy atom. The average molecular weight is 284 g/mol. The van der Waals surface area contributed by atoms with Gasteiger partial charge in [-0.15, -0.1) is 11.3 Å². The molecule has 1 aliphatic rings. The van der Waals surface area contributed by atoms with Crippen LogP contribution in [0, 0.1) is 0 Å². The SMILES string of the molecule is O=C1N=C(O)C(c2cccs2)=NC1Cc1ccccc1. The highest BCUT2D eigenvalue weighted by atomic mass is 32.1. The maximum absolute atomic E-state index is 11.9. The lowest BCUT2D eigenvalue weighted by Gasteiger charge is -2.15. The van der Waals surface area contributed by atoms with Crippen LogP contribution < -0.4 is 0 Å². The number of benzene rings is 1. The van der Waals surface area contributed by atoms with Gasteiger partial charge in [0.15, 0.2) is 0 Å². The zero-order valence-electron chi connectivity index (χ0n) is 10.6. The number of carbonyl (C=O) groups is 1. The number of hydrogen-bond donors (Lipinski definition) is 1. The van der Waals surface area contributed by atoms with Crippen LogP contribution >= 0.6 is 11.3 Å². The summed E-state index contributed by atoms with van der Waals surface area (Å²) in [5, 5.41) is 11.7. The van der Waals surface area contributed by atoms with E-state index >= 15 is 0 Å². The molecule has 0 bridgehead atoms. The number of aliphatic hydroxyl groups is 1. The molecule has 0 spiro atoms. The highest BCUT2D eigenvalue weighted by Crippen LogP contribution is 2.17. The second-order valence-corrected chi connectivity index (χ2v) is 5.38. The molecule has 1 unspecified atom stereocenters. The van der Waals surface area contributed by atoms with Gasteiger partial charge >= 0.3 is 0 Å². The van der Waals surface area contributed by atoms with E-state index in [2.05, 4.69) is 9.98 Å². The van der Waals surface area contributed by atoms with E-state index in [-0.39, 0.29) is 5.90 Å². The van der Waals surface area contributed by atoms with Gasteiger partial charge in [-0.1, -0.05) is 36.4 Å². The fourth-order valence-electron chi connectivity index (χ4n) is 2.06. The lowest BCUT2D eigenvalue weighted by molar-refractivity contribution is -0.119. The Hall–Kier alpha value is -2.27. The molecule has 1 N–H and O–H groups in total. The smallest absolute Gasteiger partial charge is 0.274 e. The number of hydrogen-bond acceptors (Lipinski definition) is 3. The van der Waals surface area contributed by atoms with E-state index < -0.39 is 11.9 Å². The third kappa shape index (κ3) is 2.53. The molecule has 5 heteroatoms. The van der Waals surface area contributed by atoms with E-state index in [9.17, 15) is 9.90 Å². The quantitative estimate of drug-likeness (QED) is 0.941. The normalized spacial score (nSPS) is 18.6. The first kappa shape index (κ1) is 12.7. The van der Waals surface area contributed by atoms with E-state index in [1.165, 1.54) is 11.3 Å². The van der Waals surface area contributed by atoms with Crippen molar-refractivity contribution in [2.45, 2.75) is 12.5 Å². The summed E-state index contributed by atoms with van der Waals surface area (Å²) in [4.78, 5) is 20.8. The Bertz CT molecular complexity index is 675. The van der Waals surface area contributed by atoms with Gasteiger partial charge in [-0.05, 0) is 17.0 Å². The van der Waals surface area contributed by atoms with E-state index in [0.29, 0.717) is 12.1 Å². The number of amides is 1. The summed E-state index contributed by atoms with van der Waals surface area (Å²) in [5.74, 6) is -0.687. The molecule has 1 aromatic carbocycles. The van der Waals surface area contributed by atoms with Crippen LogP contribution in [0.5, 0.6) is 0 Å². The third-order valence-corrected chi connectivity index (χ3v) is 3.90. The van der Waals surface area contributed by atoms with Crippen molar-refractivity contribution in [3.05, 3.63) is 58.3 Å². The van der Waals surface area contributed by atoms with Crippen LogP contribution in [0.4, 0.5) is 0 Å². The van der Waals surface area contributed by atoms with E-state index in [1.54, 1.807) is 0 Å². The fourth-order valence-corrected chi connectivity index (χ4v) is 2.77. The van der Waals surface area contributed by atoms with Crippen LogP contribution in [0.15, 0.2) is 57.8 Å². The Kier molecular flexibility index (Phi) is 3.43. The van der Waals surface area contributed by atoms with Crippen LogP contribution in [0.2, 0.25) is 0 Å². The summed E-state index contributed by atoms with van der Waals surface area (Å²) < 4.78 is 0. The molecule has 1 atom stereocenters. The predicted octanol–water partition coefficient (Wildman–Crippen LogP) is 2.65. The molecule has 2 aromatic rings. The van der Waals surface area contributed by atoms with Crippen molar-refractivity contribution < 1.29 is 9.90 Å². The van der Waals surface area contributed by atoms with Crippen molar-refractivity contribution >= 4 is 28.9 Å². The number of nitrogens with zero attached hydrogens (tertiary/aromatic N) is 2. The highest BCUT2D eigenvalue weighted by Gasteiger charge is 2.27. The van der Waals surface area contributed by atoms with Crippen molar-refractivity contribution in [3.8, 4) is 0 Å². The van der Waals surface area contributed by atoms with Gasteiger partial charge in [0.05, 0.1) is 4.88 Å². The maximum Gasteiger partial charge on any atom is 0.274 e. The van der Waals surface area contributed by atoms with Gasteiger partial charge in [0.25, 0.3) is 5.91 Å². The lowest BCUT2D eigenvalue weighted by Crippen LogP contribution is -2.31. The van der Waals surface area contributed by atoms with Gasteiger partial charge in [0.2, 0.25) is 5.90 Å². The molecule has 1 aliphatic heterocycles. The van der Waals surface area contributed by atoms with Gasteiger partial charge in [-0.2, -0.15) is 4.99 Å². The highest BCUT2D eigenvalue weighted by molar-refractivity contribution is 7.13. The monoisotopic (exact) mass is 284 g/mol. The predicted molar refractivity (Wildman–Crippen MR) is 79.9 cm³/mol. The van der Waals surface area contributed by atoms with Crippen LogP contribution in [-0.4, -0.2) is 28.7 Å². The Morgan fingerprint density at radius 1 is 1.15 bits per heavy atom. The van der Waals surface area contributed by atoms with E-state index in [0.717, 1.165) is 10.4 Å². The first-order valence-corrected chi connectivity index (χ1v) is 7.09. The van der Waals surface area contributed by atoms with Crippen molar-refractivity contribution in [1.82, 2.24) is 0 Å². The largest absolute Gasteiger partial charge is 0.492 e. The number of aliphatic imine (C=N–C) groups is 2. The van der Waals surface area contributed by atoms with Gasteiger partial charge in [-0.25, -0.2) is 0 Å². The van der Waals surface area contributed by atoms with Crippen molar-refractivity contribution in [2.75, 3.05) is 0 Å². The van der Waals surface area contributed by atoms with Gasteiger partial charge in [0.1, 0.15) is 11.8 Å². The summed E-state index contributed by atoms with van der Waals surface area (Å²) in [6, 6.07) is 12.8. The van der Waals surface area contributed by atoms with Crippen molar-refractivity contribution in [1.29, 1.82) is 0 Å². The van der Waals surface area contributed by atoms with E-state index in [4.69, 9.17) is 0 Å². The summed E-state index contributed by atoms with van der Waals surface area (Å²) in [6.07, 6.45) is 0.491. The molecule has 3 rings (SSSR count). The molecule has 1 aromatic heterocycles. The van der Waals surface area contributed by atoms with Gasteiger partial charge in [-0.3, -0.25) is 9.79 Å². The minimum Gasteiger partial charge on any atom is -0.492 e. The molecule has 0 radical (unpaired) electrons. The van der Waals surface area contributed by atoms with Crippen molar-refractivity contribution in [2.24, 2.45) is 9.98 Å². The standard InChI is InChI=1S/C15H12N2O2S/c18-14-11(9-10-5-2-1-3-6-10)16-13(15(19)17-14)12-7-4-8-20-12/h1-8,11H,9H2,(H,17,18,19). The Labute approximate surface area is 120 Å². The topological polar surface area (TPSA) is 62.0 Å². The summed E-state index contributed by atoms with van der Waals surface area (Å²) in [5.41, 5.74) is 1.43. The molecule has 0 saturated heterocycles. The number of aliphatic hydroxyl groups excluding tert-OH is 1. The maximum atomic E-state index is 11.9. The van der Waals surface area contributed by atoms with Crippen molar-refractivity contribution in [3.63, 3.8) is 0 Å². The Morgan fingerprint density at radius 2 is 1.95 bits per heavy atom. The lowest BCUT2D eigenvalue weighted by atomic mass is 10.0. The van der Waals surface area contributed by atoms with Crippen LogP contribution in [0.25, 0.3) is 0 Å². The first-order valence-electron chi connectivity index (χ1n) is 6.21. The molecular weight excluding hydrogens is 272 g/mol. The zero-order valence-corrected chi connectivity index (χ0v) is 11.4. The summed E-state index contributed by atoms with van der Waals surface area (Å²) >= 11 is 1.46. The molecule has 20 heavy (non-hydrogen) atoms. The minimum absolute atomic E-state index is 0.290. The van der Waals surface area contributed by atoms with Crippen LogP contribution in [0.3, 0.4) is 0 Å². The van der Waals surface area contributed by atoms with Crippen LogP contribution in [-0.2, 0) is 11.2 Å². The van der Waals surface area contributed by atoms with Gasteiger partial charge < -0.3 is 5.11 Å². The summed E-state index contributed by atoms with van der Waals surface area (Å²) in [6.45, 7) is 0. The molecular formula is C15H12N2O2S. The molecule has 4 nitrogen and oxygen atoms in total. The number of rotatable bonds is 3. The average Bonchev–Trinajstić information content (AvgIpc) is 2.97. The summed E-state index contributed by atoms with van der Waals surface area (Å²) in [7, 11) is 0. The van der Waals surface area contributed by atoms with Crippen LogP contribution in [0.1, 0.15) is 10.4 Å². The molecule has 0 aliphatic carbocycles. The number of thiophene rings is 1. The Balaban J connectivity index is 1.90. The molecule has 0 saturated carbocycles. The molecule has 1 amide bonds. The molecule has 2 heterocycles. The number of carbonyl (C=O) groups excluding carboxylic acids is 1. The first-order chi connectivity index (χ1) is 9.74. The molecule has 0 fully saturated rings. The second-order valence-electron chi connectivity index (χ2n) is 4.43. The zero-order chi connectivity index (χ0) is 13.9. The molecule has 100 valence electrons. The van der Waals surface area contributed by atoms with E-state index in [1.807, 2.05) is 47.8 Å². The second kappa shape index (κ2) is 5.38. The van der Waals surface area contributed by atoms with Gasteiger partial charge in [0, 0.05) is 6.42 Å². The third-order valence-electron chi connectivity index (χ3n) is 3.02.